The first-order chi connectivity index (χ1) is 9.44. The zero-order chi connectivity index (χ0) is 15.0. The third-order valence-corrected chi connectivity index (χ3v) is 4.96. The van der Waals surface area contributed by atoms with Gasteiger partial charge in [-0.2, -0.15) is 0 Å². The van der Waals surface area contributed by atoms with E-state index in [2.05, 4.69) is 34.7 Å². The van der Waals surface area contributed by atoms with E-state index in [1.165, 1.54) is 16.0 Å². The number of aliphatic imine (C=N–C) groups is 1. The third kappa shape index (κ3) is 9.30. The Labute approximate surface area is 148 Å². The first-order valence-electron chi connectivity index (χ1n) is 6.64. The SMILES string of the molecule is CCc1ccc(CNC(=NC)NCCCS(C)(=O)=O)s1.I. The van der Waals surface area contributed by atoms with Crippen molar-refractivity contribution in [3.63, 3.8) is 0 Å². The molecule has 1 heterocycles. The quantitative estimate of drug-likeness (QED) is 0.292. The van der Waals surface area contributed by atoms with Crippen LogP contribution in [0.2, 0.25) is 0 Å². The lowest BCUT2D eigenvalue weighted by Crippen LogP contribution is -2.37. The molecule has 5 nitrogen and oxygen atoms in total. The fourth-order valence-electron chi connectivity index (χ4n) is 1.64. The van der Waals surface area contributed by atoms with E-state index in [-0.39, 0.29) is 29.7 Å². The summed E-state index contributed by atoms with van der Waals surface area (Å²) in [4.78, 5) is 6.75. The summed E-state index contributed by atoms with van der Waals surface area (Å²) < 4.78 is 22.0. The molecular weight excluding hydrogens is 421 g/mol. The van der Waals surface area contributed by atoms with Crippen molar-refractivity contribution >= 4 is 51.1 Å². The minimum Gasteiger partial charge on any atom is -0.356 e. The molecule has 0 unspecified atom stereocenters. The minimum absolute atomic E-state index is 0. The monoisotopic (exact) mass is 445 g/mol. The van der Waals surface area contributed by atoms with Crippen molar-refractivity contribution in [2.45, 2.75) is 26.3 Å². The molecule has 0 spiro atoms. The van der Waals surface area contributed by atoms with Gasteiger partial charge in [0.05, 0.1) is 12.3 Å². The summed E-state index contributed by atoms with van der Waals surface area (Å²) in [7, 11) is -1.18. The summed E-state index contributed by atoms with van der Waals surface area (Å²) in [6, 6.07) is 4.26. The maximum Gasteiger partial charge on any atom is 0.191 e. The normalized spacial score (nSPS) is 11.9. The van der Waals surface area contributed by atoms with Crippen molar-refractivity contribution in [3.8, 4) is 0 Å². The molecule has 1 rings (SSSR count). The first-order valence-corrected chi connectivity index (χ1v) is 9.52. The highest BCUT2D eigenvalue weighted by Gasteiger charge is 2.03. The molecule has 0 saturated heterocycles. The van der Waals surface area contributed by atoms with Crippen LogP contribution in [0.15, 0.2) is 17.1 Å². The molecule has 0 aliphatic heterocycles. The Kier molecular flexibility index (Phi) is 10.2. The van der Waals surface area contributed by atoms with Gasteiger partial charge in [0.25, 0.3) is 0 Å². The van der Waals surface area contributed by atoms with Crippen molar-refractivity contribution in [1.82, 2.24) is 10.6 Å². The number of aryl methyl sites for hydroxylation is 1. The number of rotatable bonds is 7. The first kappa shape index (κ1) is 20.6. The van der Waals surface area contributed by atoms with Crippen LogP contribution in [0.1, 0.15) is 23.1 Å². The molecule has 2 N–H and O–H groups in total. The summed E-state index contributed by atoms with van der Waals surface area (Å²) in [6.07, 6.45) is 2.89. The molecule has 0 aliphatic rings. The zero-order valence-corrected chi connectivity index (χ0v) is 16.6. The van der Waals surface area contributed by atoms with E-state index in [9.17, 15) is 8.42 Å². The Hall–Kier alpha value is -0.350. The standard InChI is InChI=1S/C13H23N3O2S2.HI/c1-4-11-6-7-12(19-11)10-16-13(14-2)15-8-5-9-20(3,17)18;/h6-7H,4-5,8-10H2,1-3H3,(H2,14,15,16);1H. The van der Waals surface area contributed by atoms with E-state index >= 15 is 0 Å². The number of guanidine groups is 1. The highest BCUT2D eigenvalue weighted by atomic mass is 127. The lowest BCUT2D eigenvalue weighted by atomic mass is 10.3. The van der Waals surface area contributed by atoms with Gasteiger partial charge >= 0.3 is 0 Å². The van der Waals surface area contributed by atoms with Gasteiger partial charge in [0.1, 0.15) is 9.84 Å². The Bertz CT molecular complexity index is 541. The number of hydrogen-bond donors (Lipinski definition) is 2. The van der Waals surface area contributed by atoms with E-state index in [0.29, 0.717) is 18.9 Å². The van der Waals surface area contributed by atoms with Gasteiger partial charge in [0, 0.05) is 29.6 Å². The van der Waals surface area contributed by atoms with E-state index in [4.69, 9.17) is 0 Å². The molecule has 0 atom stereocenters. The van der Waals surface area contributed by atoms with Gasteiger partial charge in [-0.3, -0.25) is 4.99 Å². The predicted octanol–water partition coefficient (Wildman–Crippen LogP) is 2.03. The molecule has 8 heteroatoms. The van der Waals surface area contributed by atoms with Crippen molar-refractivity contribution in [2.24, 2.45) is 4.99 Å². The average Bonchev–Trinajstić information content (AvgIpc) is 2.84. The van der Waals surface area contributed by atoms with Crippen molar-refractivity contribution in [3.05, 3.63) is 21.9 Å². The molecule has 0 amide bonds. The van der Waals surface area contributed by atoms with Crippen molar-refractivity contribution in [2.75, 3.05) is 25.6 Å². The topological polar surface area (TPSA) is 70.6 Å². The van der Waals surface area contributed by atoms with Crippen LogP contribution in [-0.2, 0) is 22.8 Å². The van der Waals surface area contributed by atoms with Crippen LogP contribution in [0, 0.1) is 0 Å². The Balaban J connectivity index is 0.00000400. The van der Waals surface area contributed by atoms with E-state index < -0.39 is 9.84 Å². The van der Waals surface area contributed by atoms with Gasteiger partial charge in [0.15, 0.2) is 5.96 Å². The maximum absolute atomic E-state index is 11.0. The number of nitrogens with zero attached hydrogens (tertiary/aromatic N) is 1. The zero-order valence-electron chi connectivity index (χ0n) is 12.7. The molecule has 0 saturated carbocycles. The molecule has 1 aromatic rings. The predicted molar refractivity (Wildman–Crippen MR) is 102 cm³/mol. The molecule has 0 aromatic carbocycles. The number of thiophene rings is 1. The second-order valence-electron chi connectivity index (χ2n) is 4.56. The van der Waals surface area contributed by atoms with Crippen LogP contribution in [-0.4, -0.2) is 40.0 Å². The van der Waals surface area contributed by atoms with Crippen LogP contribution in [0.5, 0.6) is 0 Å². The van der Waals surface area contributed by atoms with Crippen LogP contribution < -0.4 is 10.6 Å². The molecule has 1 aromatic heterocycles. The summed E-state index contributed by atoms with van der Waals surface area (Å²) >= 11 is 1.79. The maximum atomic E-state index is 11.0. The van der Waals surface area contributed by atoms with E-state index in [1.54, 1.807) is 18.4 Å². The van der Waals surface area contributed by atoms with Crippen LogP contribution in [0.4, 0.5) is 0 Å². The van der Waals surface area contributed by atoms with E-state index in [0.717, 1.165) is 13.0 Å². The number of nitrogens with one attached hydrogen (secondary N) is 2. The van der Waals surface area contributed by atoms with Crippen molar-refractivity contribution < 1.29 is 8.42 Å². The molecule has 0 radical (unpaired) electrons. The Morgan fingerprint density at radius 2 is 1.95 bits per heavy atom. The smallest absolute Gasteiger partial charge is 0.191 e. The number of halogens is 1. The lowest BCUT2D eigenvalue weighted by Gasteiger charge is -2.10. The summed E-state index contributed by atoms with van der Waals surface area (Å²) in [5, 5.41) is 6.33. The molecule has 0 bridgehead atoms. The minimum atomic E-state index is -2.88. The Morgan fingerprint density at radius 3 is 2.48 bits per heavy atom. The van der Waals surface area contributed by atoms with Gasteiger partial charge in [0.2, 0.25) is 0 Å². The van der Waals surface area contributed by atoms with Crippen molar-refractivity contribution in [1.29, 1.82) is 0 Å². The average molecular weight is 445 g/mol. The molecule has 122 valence electrons. The van der Waals surface area contributed by atoms with E-state index in [1.807, 2.05) is 0 Å². The molecule has 0 fully saturated rings. The highest BCUT2D eigenvalue weighted by Crippen LogP contribution is 2.16. The number of sulfone groups is 1. The molecule has 21 heavy (non-hydrogen) atoms. The molecular formula is C13H24IN3O2S2. The second kappa shape index (κ2) is 10.4. The second-order valence-corrected chi connectivity index (χ2v) is 8.07. The van der Waals surface area contributed by atoms with Gasteiger partial charge in [-0.1, -0.05) is 6.92 Å². The van der Waals surface area contributed by atoms with Crippen LogP contribution >= 0.6 is 35.3 Å². The van der Waals surface area contributed by atoms with Crippen LogP contribution in [0.3, 0.4) is 0 Å². The fraction of sp³-hybridized carbons (Fsp3) is 0.615. The van der Waals surface area contributed by atoms with Gasteiger partial charge in [-0.15, -0.1) is 35.3 Å². The Morgan fingerprint density at radius 1 is 1.29 bits per heavy atom. The van der Waals surface area contributed by atoms with Gasteiger partial charge < -0.3 is 10.6 Å². The third-order valence-electron chi connectivity index (χ3n) is 2.70. The number of hydrogen-bond acceptors (Lipinski definition) is 4. The molecule has 0 aliphatic carbocycles. The summed E-state index contributed by atoms with van der Waals surface area (Å²) in [5.74, 6) is 0.895. The van der Waals surface area contributed by atoms with Crippen LogP contribution in [0.25, 0.3) is 0 Å². The van der Waals surface area contributed by atoms with Gasteiger partial charge in [-0.25, -0.2) is 8.42 Å². The lowest BCUT2D eigenvalue weighted by molar-refractivity contribution is 0.598. The van der Waals surface area contributed by atoms with Gasteiger partial charge in [-0.05, 0) is 25.0 Å². The highest BCUT2D eigenvalue weighted by molar-refractivity contribution is 14.0. The summed E-state index contributed by atoms with van der Waals surface area (Å²) in [5.41, 5.74) is 0. The summed E-state index contributed by atoms with van der Waals surface area (Å²) in [6.45, 7) is 3.47. The fourth-order valence-corrected chi connectivity index (χ4v) is 3.21. The largest absolute Gasteiger partial charge is 0.356 e.